The van der Waals surface area contributed by atoms with Crippen molar-refractivity contribution < 1.29 is 13.2 Å². The van der Waals surface area contributed by atoms with E-state index in [0.717, 1.165) is 19.3 Å². The van der Waals surface area contributed by atoms with Crippen LogP contribution in [0.3, 0.4) is 0 Å². The maximum absolute atomic E-state index is 11.2. The summed E-state index contributed by atoms with van der Waals surface area (Å²) in [7, 11) is -2.84. The Morgan fingerprint density at radius 2 is 2.14 bits per heavy atom. The summed E-state index contributed by atoms with van der Waals surface area (Å²) in [4.78, 5) is 11.2. The lowest BCUT2D eigenvalue weighted by Crippen LogP contribution is -2.12. The average Bonchev–Trinajstić information content (AvgIpc) is 2.52. The Hall–Kier alpha value is -0.380. The Balaban J connectivity index is 2.25. The van der Waals surface area contributed by atoms with Crippen molar-refractivity contribution in [1.29, 1.82) is 0 Å². The smallest absolute Gasteiger partial charge is 0.150 e. The third kappa shape index (κ3) is 3.40. The molecular weight excluding hydrogens is 200 g/mol. The van der Waals surface area contributed by atoms with Gasteiger partial charge in [-0.15, -0.1) is 0 Å². The highest BCUT2D eigenvalue weighted by Gasteiger charge is 2.24. The van der Waals surface area contributed by atoms with E-state index in [9.17, 15) is 13.2 Å². The lowest BCUT2D eigenvalue weighted by molar-refractivity contribution is -0.120. The highest BCUT2D eigenvalue weighted by atomic mass is 32.2. The first-order chi connectivity index (χ1) is 6.55. The summed E-state index contributed by atoms with van der Waals surface area (Å²) in [6.45, 7) is 1.66. The van der Waals surface area contributed by atoms with Crippen molar-refractivity contribution in [2.45, 2.75) is 39.0 Å². The lowest BCUT2D eigenvalue weighted by Gasteiger charge is -2.06. The molecule has 0 heterocycles. The Morgan fingerprint density at radius 3 is 2.64 bits per heavy atom. The van der Waals surface area contributed by atoms with Gasteiger partial charge in [-0.1, -0.05) is 6.92 Å². The van der Waals surface area contributed by atoms with Gasteiger partial charge >= 0.3 is 0 Å². The molecule has 1 rings (SSSR count). The van der Waals surface area contributed by atoms with Gasteiger partial charge in [0.15, 0.2) is 0 Å². The van der Waals surface area contributed by atoms with Gasteiger partial charge in [0.25, 0.3) is 0 Å². The molecule has 3 nitrogen and oxygen atoms in total. The van der Waals surface area contributed by atoms with Crippen molar-refractivity contribution in [2.24, 2.45) is 5.92 Å². The zero-order valence-electron chi connectivity index (χ0n) is 8.66. The standard InChI is InChI=1S/C10H18O3S/c1-2-14(12,13)8-4-6-9-5-3-7-10(9)11/h9H,2-8H2,1H3. The normalized spacial score (nSPS) is 22.9. The molecule has 0 bridgehead atoms. The van der Waals surface area contributed by atoms with Crippen molar-refractivity contribution >= 4 is 15.6 Å². The van der Waals surface area contributed by atoms with E-state index in [4.69, 9.17) is 0 Å². The Bertz CT molecular complexity index is 292. The maximum Gasteiger partial charge on any atom is 0.150 e. The third-order valence-corrected chi connectivity index (χ3v) is 4.67. The van der Waals surface area contributed by atoms with Crippen LogP contribution >= 0.6 is 0 Å². The van der Waals surface area contributed by atoms with Gasteiger partial charge in [0.2, 0.25) is 0 Å². The van der Waals surface area contributed by atoms with Crippen molar-refractivity contribution in [2.75, 3.05) is 11.5 Å². The molecule has 0 aliphatic heterocycles. The predicted octanol–water partition coefficient (Wildman–Crippen LogP) is 1.57. The molecular formula is C10H18O3S. The number of carbonyl (C=O) groups is 1. The van der Waals surface area contributed by atoms with E-state index in [-0.39, 0.29) is 17.4 Å². The number of Topliss-reactive ketones (excluding diaryl/α,β-unsaturated/α-hetero) is 1. The van der Waals surface area contributed by atoms with E-state index in [0.29, 0.717) is 18.6 Å². The van der Waals surface area contributed by atoms with Crippen LogP contribution in [0.5, 0.6) is 0 Å². The number of rotatable bonds is 5. The summed E-state index contributed by atoms with van der Waals surface area (Å²) in [6, 6.07) is 0. The summed E-state index contributed by atoms with van der Waals surface area (Å²) in [5, 5.41) is 0. The van der Waals surface area contributed by atoms with E-state index < -0.39 is 9.84 Å². The van der Waals surface area contributed by atoms with E-state index in [2.05, 4.69) is 0 Å². The Labute approximate surface area is 85.8 Å². The summed E-state index contributed by atoms with van der Waals surface area (Å²) in [5.41, 5.74) is 0. The fraction of sp³-hybridized carbons (Fsp3) is 0.900. The molecule has 1 aliphatic carbocycles. The minimum atomic E-state index is -2.84. The summed E-state index contributed by atoms with van der Waals surface area (Å²) < 4.78 is 22.3. The molecule has 1 saturated carbocycles. The number of sulfone groups is 1. The molecule has 0 radical (unpaired) electrons. The Kier molecular flexibility index (Phi) is 4.11. The van der Waals surface area contributed by atoms with Crippen LogP contribution in [0.2, 0.25) is 0 Å². The number of ketones is 1. The molecule has 4 heteroatoms. The molecule has 0 spiro atoms. The molecule has 82 valence electrons. The number of hydrogen-bond donors (Lipinski definition) is 0. The van der Waals surface area contributed by atoms with Crippen LogP contribution in [0.1, 0.15) is 39.0 Å². The van der Waals surface area contributed by atoms with E-state index in [1.165, 1.54) is 0 Å². The average molecular weight is 218 g/mol. The quantitative estimate of drug-likeness (QED) is 0.704. The summed E-state index contributed by atoms with van der Waals surface area (Å²) in [5.74, 6) is 0.944. The number of hydrogen-bond acceptors (Lipinski definition) is 3. The molecule has 1 atom stereocenters. The van der Waals surface area contributed by atoms with Crippen LogP contribution in [-0.4, -0.2) is 25.7 Å². The van der Waals surface area contributed by atoms with Gasteiger partial charge in [-0.25, -0.2) is 8.42 Å². The minimum Gasteiger partial charge on any atom is -0.299 e. The second-order valence-electron chi connectivity index (χ2n) is 3.93. The zero-order chi connectivity index (χ0) is 10.6. The van der Waals surface area contributed by atoms with Gasteiger partial charge < -0.3 is 0 Å². The van der Waals surface area contributed by atoms with Crippen molar-refractivity contribution in [3.8, 4) is 0 Å². The van der Waals surface area contributed by atoms with Crippen molar-refractivity contribution in [3.63, 3.8) is 0 Å². The summed E-state index contributed by atoms with van der Waals surface area (Å²) in [6.07, 6.45) is 4.06. The predicted molar refractivity (Wildman–Crippen MR) is 55.9 cm³/mol. The van der Waals surface area contributed by atoms with Gasteiger partial charge in [0, 0.05) is 18.1 Å². The second kappa shape index (κ2) is 4.91. The topological polar surface area (TPSA) is 51.2 Å². The molecule has 0 amide bonds. The van der Waals surface area contributed by atoms with E-state index in [1.54, 1.807) is 6.92 Å². The first kappa shape index (κ1) is 11.7. The van der Waals surface area contributed by atoms with Crippen molar-refractivity contribution in [3.05, 3.63) is 0 Å². The van der Waals surface area contributed by atoms with Gasteiger partial charge in [0.1, 0.15) is 15.6 Å². The Morgan fingerprint density at radius 1 is 1.43 bits per heavy atom. The second-order valence-corrected chi connectivity index (χ2v) is 6.41. The van der Waals surface area contributed by atoms with Gasteiger partial charge in [-0.2, -0.15) is 0 Å². The summed E-state index contributed by atoms with van der Waals surface area (Å²) >= 11 is 0. The zero-order valence-corrected chi connectivity index (χ0v) is 9.48. The molecule has 0 saturated heterocycles. The third-order valence-electron chi connectivity index (χ3n) is 2.88. The van der Waals surface area contributed by atoms with E-state index in [1.807, 2.05) is 0 Å². The first-order valence-corrected chi connectivity index (χ1v) is 7.10. The minimum absolute atomic E-state index is 0.155. The molecule has 0 aromatic carbocycles. The highest BCUT2D eigenvalue weighted by molar-refractivity contribution is 7.91. The maximum atomic E-state index is 11.2. The van der Waals surface area contributed by atoms with Crippen LogP contribution in [0.15, 0.2) is 0 Å². The fourth-order valence-corrected chi connectivity index (χ4v) is 2.78. The number of carbonyl (C=O) groups excluding carboxylic acids is 1. The fourth-order valence-electron chi connectivity index (χ4n) is 1.89. The largest absolute Gasteiger partial charge is 0.299 e. The van der Waals surface area contributed by atoms with Gasteiger partial charge in [-0.05, 0) is 25.7 Å². The van der Waals surface area contributed by atoms with Crippen molar-refractivity contribution in [1.82, 2.24) is 0 Å². The van der Waals surface area contributed by atoms with E-state index >= 15 is 0 Å². The SMILES string of the molecule is CCS(=O)(=O)CCCC1CCCC1=O. The molecule has 1 fully saturated rings. The van der Waals surface area contributed by atoms with Crippen LogP contribution in [0, 0.1) is 5.92 Å². The van der Waals surface area contributed by atoms with Crippen LogP contribution in [0.4, 0.5) is 0 Å². The molecule has 1 unspecified atom stereocenters. The molecule has 0 N–H and O–H groups in total. The highest BCUT2D eigenvalue weighted by Crippen LogP contribution is 2.25. The first-order valence-electron chi connectivity index (χ1n) is 5.28. The van der Waals surface area contributed by atoms with Gasteiger partial charge in [0.05, 0.1) is 5.75 Å². The van der Waals surface area contributed by atoms with Crippen LogP contribution in [-0.2, 0) is 14.6 Å². The van der Waals surface area contributed by atoms with Crippen LogP contribution in [0.25, 0.3) is 0 Å². The molecule has 0 aromatic heterocycles. The monoisotopic (exact) mass is 218 g/mol. The van der Waals surface area contributed by atoms with Crippen LogP contribution < -0.4 is 0 Å². The van der Waals surface area contributed by atoms with Gasteiger partial charge in [-0.3, -0.25) is 4.79 Å². The lowest BCUT2D eigenvalue weighted by atomic mass is 10.0. The molecule has 0 aromatic rings. The molecule has 14 heavy (non-hydrogen) atoms. The molecule has 1 aliphatic rings.